The molecule has 0 spiro atoms. The fraction of sp³-hybridized carbons (Fsp3) is 0.300. The third-order valence-corrected chi connectivity index (χ3v) is 3.45. The van der Waals surface area contributed by atoms with Crippen LogP contribution >= 0.6 is 0 Å². The molecule has 0 bridgehead atoms. The quantitative estimate of drug-likeness (QED) is 0.534. The van der Waals surface area contributed by atoms with Crippen LogP contribution in [0, 0.1) is 5.41 Å². The van der Waals surface area contributed by atoms with Crippen LogP contribution in [0.15, 0.2) is 18.2 Å². The van der Waals surface area contributed by atoms with Crippen LogP contribution in [-0.2, 0) is 10.0 Å². The molecule has 0 atom stereocenters. The molecule has 6 nitrogen and oxygen atoms in total. The van der Waals surface area contributed by atoms with Crippen LogP contribution in [0.5, 0.6) is 5.75 Å². The van der Waals surface area contributed by atoms with Crippen LogP contribution < -0.4 is 15.2 Å². The van der Waals surface area contributed by atoms with E-state index in [0.29, 0.717) is 17.0 Å². The molecule has 1 rings (SSSR count). The predicted octanol–water partition coefficient (Wildman–Crippen LogP) is 0.741. The van der Waals surface area contributed by atoms with E-state index >= 15 is 0 Å². The molecule has 0 aliphatic rings. The number of nitrogen functional groups attached to an aromatic ring is 1. The molecule has 0 amide bonds. The molecule has 0 aromatic heterocycles. The van der Waals surface area contributed by atoms with Crippen molar-refractivity contribution in [1.82, 2.24) is 0 Å². The molecule has 17 heavy (non-hydrogen) atoms. The first-order valence-electron chi connectivity index (χ1n) is 4.92. The molecule has 94 valence electrons. The highest BCUT2D eigenvalue weighted by atomic mass is 32.2. The van der Waals surface area contributed by atoms with Gasteiger partial charge in [-0.15, -0.1) is 0 Å². The summed E-state index contributed by atoms with van der Waals surface area (Å²) in [7, 11) is -1.93. The van der Waals surface area contributed by atoms with Gasteiger partial charge in [0, 0.05) is 5.56 Å². The Morgan fingerprint density at radius 3 is 2.65 bits per heavy atom. The van der Waals surface area contributed by atoms with Crippen LogP contribution in [0.2, 0.25) is 0 Å². The van der Waals surface area contributed by atoms with E-state index < -0.39 is 10.0 Å². The summed E-state index contributed by atoms with van der Waals surface area (Å²) in [6, 6.07) is 4.58. The Labute approximate surface area is 100 Å². The summed E-state index contributed by atoms with van der Waals surface area (Å²) in [5.41, 5.74) is 6.14. The molecule has 0 saturated carbocycles. The Bertz CT molecular complexity index is 526. The highest BCUT2D eigenvalue weighted by Gasteiger charge is 2.12. The maximum Gasteiger partial charge on any atom is 0.232 e. The average molecular weight is 257 g/mol. The van der Waals surface area contributed by atoms with E-state index in [1.54, 1.807) is 13.0 Å². The molecule has 4 N–H and O–H groups in total. The lowest BCUT2D eigenvalue weighted by Crippen LogP contribution is -2.16. The fourth-order valence-corrected chi connectivity index (χ4v) is 1.83. The van der Waals surface area contributed by atoms with E-state index in [1.165, 1.54) is 19.2 Å². The minimum absolute atomic E-state index is 0.0232. The summed E-state index contributed by atoms with van der Waals surface area (Å²) in [6.07, 6.45) is 0. The lowest BCUT2D eigenvalue weighted by molar-refractivity contribution is 0.417. The lowest BCUT2D eigenvalue weighted by Gasteiger charge is -2.11. The summed E-state index contributed by atoms with van der Waals surface area (Å²) >= 11 is 0. The number of amidine groups is 1. The van der Waals surface area contributed by atoms with Crippen molar-refractivity contribution < 1.29 is 13.2 Å². The molecule has 0 saturated heterocycles. The van der Waals surface area contributed by atoms with Gasteiger partial charge in [-0.05, 0) is 25.1 Å². The van der Waals surface area contributed by atoms with Crippen LogP contribution in [0.1, 0.15) is 12.5 Å². The number of hydrogen-bond donors (Lipinski definition) is 3. The van der Waals surface area contributed by atoms with Gasteiger partial charge in [-0.25, -0.2) is 8.42 Å². The third-order valence-electron chi connectivity index (χ3n) is 2.16. The number of benzene rings is 1. The van der Waals surface area contributed by atoms with Crippen molar-refractivity contribution in [2.45, 2.75) is 6.92 Å². The zero-order chi connectivity index (χ0) is 13.1. The minimum Gasteiger partial charge on any atom is -0.495 e. The van der Waals surface area contributed by atoms with Gasteiger partial charge in [0.05, 0.1) is 18.6 Å². The average Bonchev–Trinajstić information content (AvgIpc) is 2.29. The monoisotopic (exact) mass is 257 g/mol. The number of ether oxygens (including phenoxy) is 1. The van der Waals surface area contributed by atoms with Gasteiger partial charge in [0.1, 0.15) is 11.6 Å². The zero-order valence-electron chi connectivity index (χ0n) is 9.65. The number of methoxy groups -OCH3 is 1. The van der Waals surface area contributed by atoms with E-state index in [0.717, 1.165) is 0 Å². The zero-order valence-corrected chi connectivity index (χ0v) is 10.5. The number of rotatable bonds is 5. The Morgan fingerprint density at radius 2 is 2.18 bits per heavy atom. The molecule has 0 heterocycles. The fourth-order valence-electron chi connectivity index (χ4n) is 1.18. The molecule has 1 aromatic rings. The maximum absolute atomic E-state index is 11.4. The second kappa shape index (κ2) is 5.05. The third kappa shape index (κ3) is 3.35. The smallest absolute Gasteiger partial charge is 0.232 e. The van der Waals surface area contributed by atoms with Gasteiger partial charge < -0.3 is 10.5 Å². The molecule has 0 aliphatic heterocycles. The molecule has 0 radical (unpaired) electrons. The molecular weight excluding hydrogens is 242 g/mol. The second-order valence-electron chi connectivity index (χ2n) is 3.33. The maximum atomic E-state index is 11.4. The van der Waals surface area contributed by atoms with Gasteiger partial charge >= 0.3 is 0 Å². The number of nitrogens with two attached hydrogens (primary N) is 1. The Morgan fingerprint density at radius 1 is 1.53 bits per heavy atom. The Kier molecular flexibility index (Phi) is 3.95. The largest absolute Gasteiger partial charge is 0.495 e. The van der Waals surface area contributed by atoms with E-state index in [-0.39, 0.29) is 11.6 Å². The van der Waals surface area contributed by atoms with Crippen molar-refractivity contribution in [3.63, 3.8) is 0 Å². The topological polar surface area (TPSA) is 105 Å². The summed E-state index contributed by atoms with van der Waals surface area (Å²) in [6.45, 7) is 1.54. The number of nitrogens with one attached hydrogen (secondary N) is 2. The number of hydrogen-bond acceptors (Lipinski definition) is 4. The molecule has 0 aliphatic carbocycles. The first-order valence-corrected chi connectivity index (χ1v) is 6.57. The first-order chi connectivity index (χ1) is 7.89. The first kappa shape index (κ1) is 13.3. The highest BCUT2D eigenvalue weighted by Crippen LogP contribution is 2.26. The van der Waals surface area contributed by atoms with Gasteiger partial charge in [-0.1, -0.05) is 0 Å². The van der Waals surface area contributed by atoms with Crippen molar-refractivity contribution in [3.05, 3.63) is 23.8 Å². The van der Waals surface area contributed by atoms with E-state index in [4.69, 9.17) is 15.9 Å². The van der Waals surface area contributed by atoms with Gasteiger partial charge in [0.2, 0.25) is 10.0 Å². The second-order valence-corrected chi connectivity index (χ2v) is 5.35. The van der Waals surface area contributed by atoms with Gasteiger partial charge in [0.25, 0.3) is 0 Å². The molecule has 1 aromatic carbocycles. The van der Waals surface area contributed by atoms with Crippen molar-refractivity contribution in [2.75, 3.05) is 17.6 Å². The normalized spacial score (nSPS) is 10.9. The van der Waals surface area contributed by atoms with Gasteiger partial charge in [0.15, 0.2) is 0 Å². The molecule has 0 unspecified atom stereocenters. The predicted molar refractivity (Wildman–Crippen MR) is 67.1 cm³/mol. The molecule has 7 heteroatoms. The van der Waals surface area contributed by atoms with Crippen molar-refractivity contribution in [2.24, 2.45) is 5.73 Å². The van der Waals surface area contributed by atoms with E-state index in [9.17, 15) is 8.42 Å². The highest BCUT2D eigenvalue weighted by molar-refractivity contribution is 7.92. The van der Waals surface area contributed by atoms with Crippen LogP contribution in [0.25, 0.3) is 0 Å². The van der Waals surface area contributed by atoms with E-state index in [1.807, 2.05) is 0 Å². The molecule has 0 fully saturated rings. The van der Waals surface area contributed by atoms with Gasteiger partial charge in [-0.3, -0.25) is 10.1 Å². The van der Waals surface area contributed by atoms with Crippen molar-refractivity contribution >= 4 is 21.5 Å². The summed E-state index contributed by atoms with van der Waals surface area (Å²) in [4.78, 5) is 0. The molecular formula is C10H15N3O3S. The van der Waals surface area contributed by atoms with Gasteiger partial charge in [-0.2, -0.15) is 0 Å². The Balaban J connectivity index is 3.14. The van der Waals surface area contributed by atoms with Crippen LogP contribution in [-0.4, -0.2) is 27.1 Å². The van der Waals surface area contributed by atoms with Crippen LogP contribution in [0.4, 0.5) is 5.69 Å². The van der Waals surface area contributed by atoms with Crippen molar-refractivity contribution in [3.8, 4) is 5.75 Å². The summed E-state index contributed by atoms with van der Waals surface area (Å²) in [5.74, 6) is 0.202. The summed E-state index contributed by atoms with van der Waals surface area (Å²) in [5, 5.41) is 7.28. The number of sulfonamides is 1. The van der Waals surface area contributed by atoms with Crippen molar-refractivity contribution in [1.29, 1.82) is 5.41 Å². The van der Waals surface area contributed by atoms with E-state index in [2.05, 4.69) is 4.72 Å². The summed E-state index contributed by atoms with van der Waals surface area (Å²) < 4.78 is 30.3. The SMILES string of the molecule is CCS(=O)(=O)Nc1ccc(C(=N)N)cc1OC. The minimum atomic E-state index is -3.35. The standard InChI is InChI=1S/C10H15N3O3S/c1-3-17(14,15)13-8-5-4-7(10(11)12)6-9(8)16-2/h4-6,13H,3H2,1-2H3,(H3,11,12). The lowest BCUT2D eigenvalue weighted by atomic mass is 10.2. The number of anilines is 1. The van der Waals surface area contributed by atoms with Crippen LogP contribution in [0.3, 0.4) is 0 Å². The Hall–Kier alpha value is -1.76.